The third kappa shape index (κ3) is 4.60. The van der Waals surface area contributed by atoms with Gasteiger partial charge in [0.25, 0.3) is 0 Å². The predicted molar refractivity (Wildman–Crippen MR) is 97.9 cm³/mol. The Labute approximate surface area is 168 Å². The summed E-state index contributed by atoms with van der Waals surface area (Å²) in [6, 6.07) is 9.06. The van der Waals surface area contributed by atoms with Crippen LogP contribution in [0.25, 0.3) is 0 Å². The summed E-state index contributed by atoms with van der Waals surface area (Å²) in [5.41, 5.74) is -0.0549. The summed E-state index contributed by atoms with van der Waals surface area (Å²) in [5, 5.41) is 16.0. The highest BCUT2D eigenvalue weighted by molar-refractivity contribution is 6.31. The Morgan fingerprint density at radius 1 is 1.21 bits per heavy atom. The second-order valence-corrected chi connectivity index (χ2v) is 6.73. The van der Waals surface area contributed by atoms with Gasteiger partial charge >= 0.3 is 12.2 Å². The molecule has 0 bridgehead atoms. The Hall–Kier alpha value is -3.25. The van der Waals surface area contributed by atoms with E-state index in [9.17, 15) is 22.8 Å². The number of nitrogens with zero attached hydrogens (tertiary/aromatic N) is 1. The fourth-order valence-corrected chi connectivity index (χ4v) is 3.13. The molecule has 3 rings (SSSR count). The average molecular weight is 423 g/mol. The minimum atomic E-state index is -4.67. The number of amides is 3. The Bertz CT molecular complexity index is 986. The number of rotatable bonds is 4. The number of hydrogen-bond acceptors (Lipinski definition) is 3. The fourth-order valence-electron chi connectivity index (χ4n) is 2.91. The Balaban J connectivity index is 1.99. The summed E-state index contributed by atoms with van der Waals surface area (Å²) in [4.78, 5) is 23.8. The van der Waals surface area contributed by atoms with E-state index in [-0.39, 0.29) is 12.1 Å². The van der Waals surface area contributed by atoms with Crippen LogP contribution in [0.4, 0.5) is 18.0 Å². The number of carbonyl (C=O) groups is 2. The number of urea groups is 1. The van der Waals surface area contributed by atoms with Crippen LogP contribution in [0.1, 0.15) is 28.3 Å². The van der Waals surface area contributed by atoms with Gasteiger partial charge in [-0.1, -0.05) is 29.8 Å². The molecule has 2 atom stereocenters. The molecule has 0 radical (unpaired) electrons. The average Bonchev–Trinajstić information content (AvgIpc) is 3.12. The van der Waals surface area contributed by atoms with Crippen LogP contribution < -0.4 is 16.0 Å². The molecule has 1 aliphatic heterocycles. The third-order valence-corrected chi connectivity index (χ3v) is 4.71. The van der Waals surface area contributed by atoms with Crippen molar-refractivity contribution in [3.8, 4) is 6.07 Å². The van der Waals surface area contributed by atoms with Crippen LogP contribution in [0.2, 0.25) is 5.02 Å². The van der Waals surface area contributed by atoms with Gasteiger partial charge in [0.05, 0.1) is 28.3 Å². The molecule has 0 aromatic heterocycles. The summed E-state index contributed by atoms with van der Waals surface area (Å²) in [6.07, 6.45) is -4.67. The van der Waals surface area contributed by atoms with Crippen molar-refractivity contribution >= 4 is 23.5 Å². The molecule has 1 fully saturated rings. The van der Waals surface area contributed by atoms with Gasteiger partial charge in [0, 0.05) is 6.54 Å². The van der Waals surface area contributed by atoms with E-state index in [4.69, 9.17) is 16.9 Å². The van der Waals surface area contributed by atoms with Crippen molar-refractivity contribution in [1.29, 1.82) is 5.26 Å². The lowest BCUT2D eigenvalue weighted by Crippen LogP contribution is -2.44. The SMILES string of the molecule is N#Cc1ccc([C@H](NC(=O)[C@@H]2CNC(=O)N2)c2ccc(Cl)c(C(F)(F)F)c2)cc1. The first-order valence-corrected chi connectivity index (χ1v) is 8.78. The van der Waals surface area contributed by atoms with E-state index in [0.29, 0.717) is 11.1 Å². The van der Waals surface area contributed by atoms with Crippen LogP contribution in [0.3, 0.4) is 0 Å². The van der Waals surface area contributed by atoms with Crippen molar-refractivity contribution in [2.75, 3.05) is 6.54 Å². The van der Waals surface area contributed by atoms with Gasteiger partial charge in [-0.15, -0.1) is 0 Å². The van der Waals surface area contributed by atoms with Crippen LogP contribution >= 0.6 is 11.6 Å². The molecular weight excluding hydrogens is 409 g/mol. The van der Waals surface area contributed by atoms with Gasteiger partial charge in [-0.25, -0.2) is 4.79 Å². The number of hydrogen-bond donors (Lipinski definition) is 3. The predicted octanol–water partition coefficient (Wildman–Crippen LogP) is 3.12. The van der Waals surface area contributed by atoms with Crippen molar-refractivity contribution in [2.24, 2.45) is 0 Å². The van der Waals surface area contributed by atoms with Crippen molar-refractivity contribution in [3.63, 3.8) is 0 Å². The zero-order valence-electron chi connectivity index (χ0n) is 14.7. The maximum Gasteiger partial charge on any atom is 0.417 e. The molecule has 29 heavy (non-hydrogen) atoms. The topological polar surface area (TPSA) is 94.0 Å². The van der Waals surface area contributed by atoms with E-state index in [1.807, 2.05) is 6.07 Å². The molecule has 0 saturated carbocycles. The maximum atomic E-state index is 13.3. The van der Waals surface area contributed by atoms with Crippen molar-refractivity contribution in [3.05, 3.63) is 69.7 Å². The lowest BCUT2D eigenvalue weighted by molar-refractivity contribution is -0.137. The van der Waals surface area contributed by atoms with Gasteiger partial charge in [0.15, 0.2) is 0 Å². The molecular formula is C19H14ClF3N4O2. The minimum Gasteiger partial charge on any atom is -0.343 e. The molecule has 6 nitrogen and oxygen atoms in total. The molecule has 0 aliphatic carbocycles. The van der Waals surface area contributed by atoms with E-state index < -0.39 is 40.8 Å². The van der Waals surface area contributed by atoms with Crippen LogP contribution in [-0.4, -0.2) is 24.5 Å². The fraction of sp³-hybridized carbons (Fsp3) is 0.211. The summed E-state index contributed by atoms with van der Waals surface area (Å²) in [7, 11) is 0. The Kier molecular flexibility index (Phi) is 5.66. The third-order valence-electron chi connectivity index (χ3n) is 4.38. The quantitative estimate of drug-likeness (QED) is 0.706. The van der Waals surface area contributed by atoms with Crippen LogP contribution in [-0.2, 0) is 11.0 Å². The molecule has 0 unspecified atom stereocenters. The van der Waals surface area contributed by atoms with Gasteiger partial charge in [0.2, 0.25) is 5.91 Å². The first-order chi connectivity index (χ1) is 13.7. The largest absolute Gasteiger partial charge is 0.417 e. The molecule has 1 saturated heterocycles. The van der Waals surface area contributed by atoms with E-state index in [1.54, 1.807) is 0 Å². The number of benzene rings is 2. The molecule has 150 valence electrons. The van der Waals surface area contributed by atoms with Gasteiger partial charge in [0.1, 0.15) is 6.04 Å². The maximum absolute atomic E-state index is 13.3. The lowest BCUT2D eigenvalue weighted by atomic mass is 9.95. The highest BCUT2D eigenvalue weighted by Gasteiger charge is 2.35. The van der Waals surface area contributed by atoms with Crippen molar-refractivity contribution < 1.29 is 22.8 Å². The summed E-state index contributed by atoms with van der Waals surface area (Å²) in [6.45, 7) is 0.0547. The van der Waals surface area contributed by atoms with Gasteiger partial charge in [-0.3, -0.25) is 4.79 Å². The second-order valence-electron chi connectivity index (χ2n) is 6.32. The van der Waals surface area contributed by atoms with Gasteiger partial charge in [-0.05, 0) is 35.4 Å². The van der Waals surface area contributed by atoms with E-state index in [0.717, 1.165) is 12.1 Å². The Morgan fingerprint density at radius 2 is 1.86 bits per heavy atom. The van der Waals surface area contributed by atoms with E-state index >= 15 is 0 Å². The molecule has 3 N–H and O–H groups in total. The highest BCUT2D eigenvalue weighted by Crippen LogP contribution is 2.37. The smallest absolute Gasteiger partial charge is 0.343 e. The standard InChI is InChI=1S/C19H14ClF3N4O2/c20-14-6-5-12(7-13(14)19(21,22)23)16(11-3-1-10(8-24)2-4-11)27-17(28)15-9-25-18(29)26-15/h1-7,15-16H,9H2,(H,27,28)(H2,25,26,29)/t15-,16-/m0/s1. The minimum absolute atomic E-state index is 0.0547. The summed E-state index contributed by atoms with van der Waals surface area (Å²) < 4.78 is 39.8. The molecule has 2 aromatic carbocycles. The first kappa shape index (κ1) is 20.5. The summed E-state index contributed by atoms with van der Waals surface area (Å²) in [5.74, 6) is -0.568. The van der Waals surface area contributed by atoms with Crippen LogP contribution in [0.5, 0.6) is 0 Å². The lowest BCUT2D eigenvalue weighted by Gasteiger charge is -2.23. The Morgan fingerprint density at radius 3 is 2.41 bits per heavy atom. The van der Waals surface area contributed by atoms with Crippen molar-refractivity contribution in [2.45, 2.75) is 18.3 Å². The van der Waals surface area contributed by atoms with E-state index in [1.165, 1.54) is 30.3 Å². The number of carbonyl (C=O) groups excluding carboxylic acids is 2. The number of nitrogens with one attached hydrogen (secondary N) is 3. The first-order valence-electron chi connectivity index (χ1n) is 8.40. The van der Waals surface area contributed by atoms with E-state index in [2.05, 4.69) is 16.0 Å². The molecule has 10 heteroatoms. The van der Waals surface area contributed by atoms with Gasteiger partial charge < -0.3 is 16.0 Å². The zero-order chi connectivity index (χ0) is 21.2. The molecule has 1 aliphatic rings. The summed E-state index contributed by atoms with van der Waals surface area (Å²) >= 11 is 5.70. The number of nitriles is 1. The van der Waals surface area contributed by atoms with Crippen molar-refractivity contribution in [1.82, 2.24) is 16.0 Å². The molecule has 2 aromatic rings. The number of alkyl halides is 3. The van der Waals surface area contributed by atoms with Gasteiger partial charge in [-0.2, -0.15) is 18.4 Å². The second kappa shape index (κ2) is 8.01. The zero-order valence-corrected chi connectivity index (χ0v) is 15.4. The molecule has 0 spiro atoms. The molecule has 3 amide bonds. The monoisotopic (exact) mass is 422 g/mol. The molecule has 1 heterocycles. The highest BCUT2D eigenvalue weighted by atomic mass is 35.5. The normalized spacial score (nSPS) is 17.1. The van der Waals surface area contributed by atoms with Crippen LogP contribution in [0, 0.1) is 11.3 Å². The van der Waals surface area contributed by atoms with Crippen LogP contribution in [0.15, 0.2) is 42.5 Å². The number of halogens is 4.